The van der Waals surface area contributed by atoms with Crippen LogP contribution in [0.1, 0.15) is 29.8 Å². The lowest BCUT2D eigenvalue weighted by atomic mass is 10.2. The van der Waals surface area contributed by atoms with Crippen LogP contribution in [0.25, 0.3) is 0 Å². The molecule has 1 fully saturated rings. The van der Waals surface area contributed by atoms with Crippen molar-refractivity contribution in [2.45, 2.75) is 25.4 Å². The maximum absolute atomic E-state index is 11.8. The number of hydrogen-bond acceptors (Lipinski definition) is 5. The fraction of sp³-hybridized carbons (Fsp3) is 0.643. The van der Waals surface area contributed by atoms with Crippen LogP contribution in [0.2, 0.25) is 0 Å². The maximum atomic E-state index is 11.8. The van der Waals surface area contributed by atoms with Gasteiger partial charge in [-0.05, 0) is 25.3 Å². The van der Waals surface area contributed by atoms with Gasteiger partial charge in [0.25, 0.3) is 11.5 Å². The molecule has 1 aromatic rings. The molecule has 1 unspecified atom stereocenters. The first-order valence-electron chi connectivity index (χ1n) is 7.19. The van der Waals surface area contributed by atoms with E-state index in [0.29, 0.717) is 19.8 Å². The Bertz CT molecular complexity index is 523. The molecule has 0 bridgehead atoms. The second kappa shape index (κ2) is 7.90. The first kappa shape index (κ1) is 15.7. The Morgan fingerprint density at radius 1 is 1.57 bits per heavy atom. The summed E-state index contributed by atoms with van der Waals surface area (Å²) in [4.78, 5) is 23.0. The Hall–Kier alpha value is -1.73. The zero-order valence-electron chi connectivity index (χ0n) is 12.2. The standard InChI is InChI=1S/C14H21N3O4/c1-17-13(18)6-5-12(16-17)14(19)15-7-3-8-20-10-11-4-2-9-21-11/h5-6,11H,2-4,7-10H2,1H3,(H,15,19). The van der Waals surface area contributed by atoms with Crippen LogP contribution in [0.4, 0.5) is 0 Å². The Labute approximate surface area is 123 Å². The Kier molecular flexibility index (Phi) is 5.89. The molecule has 1 aliphatic heterocycles. The summed E-state index contributed by atoms with van der Waals surface area (Å²) in [6.45, 7) is 2.54. The molecule has 1 aromatic heterocycles. The minimum Gasteiger partial charge on any atom is -0.379 e. The summed E-state index contributed by atoms with van der Waals surface area (Å²) in [6.07, 6.45) is 3.13. The van der Waals surface area contributed by atoms with Gasteiger partial charge in [-0.25, -0.2) is 4.68 Å². The topological polar surface area (TPSA) is 82.5 Å². The quantitative estimate of drug-likeness (QED) is 0.721. The van der Waals surface area contributed by atoms with Crippen molar-refractivity contribution in [2.24, 2.45) is 7.05 Å². The van der Waals surface area contributed by atoms with Gasteiger partial charge >= 0.3 is 0 Å². The molecule has 0 radical (unpaired) electrons. The molecule has 7 heteroatoms. The number of amides is 1. The van der Waals surface area contributed by atoms with E-state index >= 15 is 0 Å². The van der Waals surface area contributed by atoms with Crippen LogP contribution in [0.15, 0.2) is 16.9 Å². The van der Waals surface area contributed by atoms with Crippen molar-refractivity contribution in [3.05, 3.63) is 28.2 Å². The van der Waals surface area contributed by atoms with Crippen molar-refractivity contribution in [1.82, 2.24) is 15.1 Å². The molecular formula is C14H21N3O4. The van der Waals surface area contributed by atoms with Gasteiger partial charge in [0.05, 0.1) is 12.7 Å². The van der Waals surface area contributed by atoms with Crippen molar-refractivity contribution >= 4 is 5.91 Å². The predicted molar refractivity (Wildman–Crippen MR) is 76.2 cm³/mol. The van der Waals surface area contributed by atoms with E-state index in [-0.39, 0.29) is 23.3 Å². The Morgan fingerprint density at radius 2 is 2.43 bits per heavy atom. The maximum Gasteiger partial charge on any atom is 0.271 e. The molecule has 1 N–H and O–H groups in total. The summed E-state index contributed by atoms with van der Waals surface area (Å²) in [5.41, 5.74) is -0.00791. The molecule has 7 nitrogen and oxygen atoms in total. The smallest absolute Gasteiger partial charge is 0.271 e. The van der Waals surface area contributed by atoms with E-state index in [0.717, 1.165) is 30.6 Å². The number of aryl methyl sites for hydroxylation is 1. The molecule has 0 saturated carbocycles. The number of ether oxygens (including phenoxy) is 2. The summed E-state index contributed by atoms with van der Waals surface area (Å²) in [7, 11) is 1.51. The molecular weight excluding hydrogens is 274 g/mol. The lowest BCUT2D eigenvalue weighted by Gasteiger charge is -2.10. The van der Waals surface area contributed by atoms with E-state index in [1.807, 2.05) is 0 Å². The molecule has 1 atom stereocenters. The normalized spacial score (nSPS) is 17.9. The molecule has 0 spiro atoms. The minimum atomic E-state index is -0.287. The summed E-state index contributed by atoms with van der Waals surface area (Å²) < 4.78 is 12.1. The van der Waals surface area contributed by atoms with Gasteiger partial charge < -0.3 is 14.8 Å². The van der Waals surface area contributed by atoms with Crippen molar-refractivity contribution < 1.29 is 14.3 Å². The van der Waals surface area contributed by atoms with Gasteiger partial charge in [-0.1, -0.05) is 0 Å². The first-order valence-corrected chi connectivity index (χ1v) is 7.19. The largest absolute Gasteiger partial charge is 0.379 e. The highest BCUT2D eigenvalue weighted by atomic mass is 16.5. The SMILES string of the molecule is Cn1nc(C(=O)NCCCOCC2CCCO2)ccc1=O. The number of nitrogens with one attached hydrogen (secondary N) is 1. The second-order valence-electron chi connectivity index (χ2n) is 5.00. The Balaban J connectivity index is 1.60. The summed E-state index contributed by atoms with van der Waals surface area (Å²) in [6, 6.07) is 2.75. The molecule has 1 saturated heterocycles. The van der Waals surface area contributed by atoms with Crippen LogP contribution in [-0.4, -0.2) is 48.2 Å². The van der Waals surface area contributed by atoms with Crippen LogP contribution in [0.5, 0.6) is 0 Å². The van der Waals surface area contributed by atoms with Gasteiger partial charge in [0, 0.05) is 32.9 Å². The zero-order chi connectivity index (χ0) is 15.1. The summed E-state index contributed by atoms with van der Waals surface area (Å²) in [5.74, 6) is -0.287. The third-order valence-electron chi connectivity index (χ3n) is 3.27. The summed E-state index contributed by atoms with van der Waals surface area (Å²) >= 11 is 0. The first-order chi connectivity index (χ1) is 10.2. The molecule has 2 heterocycles. The second-order valence-corrected chi connectivity index (χ2v) is 5.00. The van der Waals surface area contributed by atoms with Gasteiger partial charge in [-0.3, -0.25) is 9.59 Å². The number of rotatable bonds is 7. The molecule has 21 heavy (non-hydrogen) atoms. The summed E-state index contributed by atoms with van der Waals surface area (Å²) in [5, 5.41) is 6.63. The number of carbonyl (C=O) groups is 1. The molecule has 1 aliphatic rings. The van der Waals surface area contributed by atoms with Gasteiger partial charge in [0.15, 0.2) is 0 Å². The lowest BCUT2D eigenvalue weighted by molar-refractivity contribution is 0.0166. The van der Waals surface area contributed by atoms with Crippen LogP contribution in [0, 0.1) is 0 Å². The number of hydrogen-bond donors (Lipinski definition) is 1. The van der Waals surface area contributed by atoms with E-state index in [2.05, 4.69) is 10.4 Å². The van der Waals surface area contributed by atoms with Gasteiger partial charge in [0.2, 0.25) is 0 Å². The number of carbonyl (C=O) groups excluding carboxylic acids is 1. The predicted octanol–water partition coefficient (Wildman–Crippen LogP) is 0.0958. The number of nitrogens with zero attached hydrogens (tertiary/aromatic N) is 2. The van der Waals surface area contributed by atoms with Gasteiger partial charge in [-0.2, -0.15) is 5.10 Å². The van der Waals surface area contributed by atoms with Crippen LogP contribution < -0.4 is 10.9 Å². The van der Waals surface area contributed by atoms with Gasteiger partial charge in [-0.15, -0.1) is 0 Å². The highest BCUT2D eigenvalue weighted by Crippen LogP contribution is 2.11. The Morgan fingerprint density at radius 3 is 3.14 bits per heavy atom. The van der Waals surface area contributed by atoms with E-state index in [4.69, 9.17) is 9.47 Å². The monoisotopic (exact) mass is 295 g/mol. The number of aromatic nitrogens is 2. The van der Waals surface area contributed by atoms with E-state index in [9.17, 15) is 9.59 Å². The van der Waals surface area contributed by atoms with E-state index < -0.39 is 0 Å². The van der Waals surface area contributed by atoms with E-state index in [1.54, 1.807) is 0 Å². The van der Waals surface area contributed by atoms with Crippen molar-refractivity contribution in [2.75, 3.05) is 26.4 Å². The zero-order valence-corrected chi connectivity index (χ0v) is 12.2. The molecule has 2 rings (SSSR count). The third-order valence-corrected chi connectivity index (χ3v) is 3.27. The third kappa shape index (κ3) is 4.95. The van der Waals surface area contributed by atoms with Crippen LogP contribution in [0.3, 0.4) is 0 Å². The minimum absolute atomic E-state index is 0.231. The molecule has 0 aromatic carbocycles. The average Bonchev–Trinajstić information content (AvgIpc) is 2.98. The highest BCUT2D eigenvalue weighted by molar-refractivity contribution is 5.91. The molecule has 0 aliphatic carbocycles. The molecule has 116 valence electrons. The van der Waals surface area contributed by atoms with Crippen molar-refractivity contribution in [3.63, 3.8) is 0 Å². The van der Waals surface area contributed by atoms with Crippen molar-refractivity contribution in [3.8, 4) is 0 Å². The van der Waals surface area contributed by atoms with E-state index in [1.165, 1.54) is 19.2 Å². The fourth-order valence-corrected chi connectivity index (χ4v) is 2.08. The highest BCUT2D eigenvalue weighted by Gasteiger charge is 2.15. The fourth-order valence-electron chi connectivity index (χ4n) is 2.08. The average molecular weight is 295 g/mol. The van der Waals surface area contributed by atoms with Crippen molar-refractivity contribution in [1.29, 1.82) is 0 Å². The molecule has 1 amide bonds. The van der Waals surface area contributed by atoms with Crippen LogP contribution in [-0.2, 0) is 16.5 Å². The lowest BCUT2D eigenvalue weighted by Crippen LogP contribution is -2.29. The van der Waals surface area contributed by atoms with Gasteiger partial charge in [0.1, 0.15) is 5.69 Å². The van der Waals surface area contributed by atoms with Crippen LogP contribution >= 0.6 is 0 Å².